The lowest BCUT2D eigenvalue weighted by Crippen LogP contribution is -3.00. The van der Waals surface area contributed by atoms with Gasteiger partial charge in [0.15, 0.2) is 0 Å². The number of quaternary nitrogens is 1. The Hall–Kier alpha value is -1.10. The van der Waals surface area contributed by atoms with Crippen LogP contribution in [0.25, 0.3) is 0 Å². The van der Waals surface area contributed by atoms with Crippen molar-refractivity contribution in [2.75, 3.05) is 47.8 Å². The fourth-order valence-electron chi connectivity index (χ4n) is 5.06. The lowest BCUT2D eigenvalue weighted by Gasteiger charge is -2.33. The molecule has 1 aromatic rings. The Morgan fingerprint density at radius 3 is 1.49 bits per heavy atom. The van der Waals surface area contributed by atoms with Gasteiger partial charge in [0.1, 0.15) is 0 Å². The molecule has 0 spiro atoms. The van der Waals surface area contributed by atoms with Crippen LogP contribution in [0.5, 0.6) is 0 Å². The summed E-state index contributed by atoms with van der Waals surface area (Å²) in [6.07, 6.45) is 23.7. The number of benzene rings is 1. The van der Waals surface area contributed by atoms with E-state index in [0.29, 0.717) is 0 Å². The van der Waals surface area contributed by atoms with Crippen molar-refractivity contribution in [3.63, 3.8) is 0 Å². The number of hydrogen-bond donors (Lipinski definition) is 0. The predicted molar refractivity (Wildman–Crippen MR) is 157 cm³/mol. The second-order valence-corrected chi connectivity index (χ2v) is 11.7. The van der Waals surface area contributed by atoms with Crippen LogP contribution in [-0.4, -0.2) is 68.2 Å². The third kappa shape index (κ3) is 18.7. The summed E-state index contributed by atoms with van der Waals surface area (Å²) in [5, 5.41) is 3.79. The van der Waals surface area contributed by atoms with E-state index in [1.165, 1.54) is 109 Å². The molecular weight excluding hydrogens is 478 g/mol. The summed E-state index contributed by atoms with van der Waals surface area (Å²) in [6.45, 7) is 5.39. The number of carbonyl (C=O) groups is 1. The largest absolute Gasteiger partial charge is 1.00 e. The second kappa shape index (κ2) is 22.8. The summed E-state index contributed by atoms with van der Waals surface area (Å²) in [6, 6.07) is 9.61. The second-order valence-electron chi connectivity index (χ2n) is 11.7. The smallest absolute Gasteiger partial charge is 0.268 e. The van der Waals surface area contributed by atoms with Crippen molar-refractivity contribution in [2.24, 2.45) is 0 Å². The van der Waals surface area contributed by atoms with Gasteiger partial charge in [0, 0.05) is 32.6 Å². The van der Waals surface area contributed by atoms with Crippen molar-refractivity contribution < 1.29 is 21.7 Å². The first-order valence-electron chi connectivity index (χ1n) is 15.2. The van der Waals surface area contributed by atoms with Gasteiger partial charge in [0.2, 0.25) is 0 Å². The highest BCUT2D eigenvalue weighted by molar-refractivity contribution is 5.93. The van der Waals surface area contributed by atoms with E-state index in [0.717, 1.165) is 29.6 Å². The maximum atomic E-state index is 12.9. The minimum absolute atomic E-state index is 0. The third-order valence-electron chi connectivity index (χ3n) is 7.49. The summed E-state index contributed by atoms with van der Waals surface area (Å²) < 4.78 is 1.04. The monoisotopic (exact) mass is 537 g/mol. The molecular formula is C32H60ClN3O. The van der Waals surface area contributed by atoms with Gasteiger partial charge in [-0.15, -0.1) is 0 Å². The quantitative estimate of drug-likeness (QED) is 0.107. The molecule has 4 nitrogen and oxygen atoms in total. The molecule has 1 amide bonds. The van der Waals surface area contributed by atoms with Crippen LogP contribution < -0.4 is 12.4 Å². The summed E-state index contributed by atoms with van der Waals surface area (Å²) in [7, 11) is 8.59. The molecule has 0 fully saturated rings. The SMILES string of the molecule is CCCCCCCCCCCCCCCCCC[N+](C)(C)CCCN(C(=O)c1ccccc1)N(C)C.[Cl-]. The molecule has 0 saturated heterocycles. The molecule has 37 heavy (non-hydrogen) atoms. The number of amides is 1. The number of hydrogen-bond acceptors (Lipinski definition) is 2. The Balaban J connectivity index is 0.0000130. The van der Waals surface area contributed by atoms with Crippen LogP contribution in [-0.2, 0) is 0 Å². The maximum Gasteiger partial charge on any atom is 0.268 e. The Morgan fingerprint density at radius 2 is 1.05 bits per heavy atom. The van der Waals surface area contributed by atoms with Gasteiger partial charge in [-0.3, -0.25) is 9.80 Å². The van der Waals surface area contributed by atoms with Crippen LogP contribution in [0.4, 0.5) is 0 Å². The van der Waals surface area contributed by atoms with Gasteiger partial charge >= 0.3 is 0 Å². The molecule has 0 aliphatic heterocycles. The highest BCUT2D eigenvalue weighted by atomic mass is 35.5. The molecule has 0 radical (unpaired) electrons. The average Bonchev–Trinajstić information content (AvgIpc) is 2.86. The zero-order valence-corrected chi connectivity index (χ0v) is 25.9. The predicted octanol–water partition coefficient (Wildman–Crippen LogP) is 5.34. The van der Waals surface area contributed by atoms with Crippen molar-refractivity contribution in [1.29, 1.82) is 0 Å². The Labute approximate surface area is 237 Å². The van der Waals surface area contributed by atoms with Gasteiger partial charge in [-0.25, -0.2) is 5.01 Å². The van der Waals surface area contributed by atoms with Crippen molar-refractivity contribution >= 4 is 5.91 Å². The molecule has 0 bridgehead atoms. The minimum Gasteiger partial charge on any atom is -1.00 e. The van der Waals surface area contributed by atoms with Crippen LogP contribution >= 0.6 is 0 Å². The standard InChI is InChI=1S/C32H60N3O.ClH/c1-6-7-8-9-10-11-12-13-14-15-16-17-18-19-20-24-29-35(4,5)30-25-28-34(33(2)3)32(36)31-26-22-21-23-27-31;/h21-23,26-27H,6-20,24-25,28-30H2,1-5H3;1H/q+1;/p-1. The molecule has 0 unspecified atom stereocenters. The first-order chi connectivity index (χ1) is 17.4. The van der Waals surface area contributed by atoms with Gasteiger partial charge in [0.25, 0.3) is 5.91 Å². The molecule has 0 N–H and O–H groups in total. The van der Waals surface area contributed by atoms with Crippen LogP contribution in [0.15, 0.2) is 30.3 Å². The highest BCUT2D eigenvalue weighted by Crippen LogP contribution is 2.15. The van der Waals surface area contributed by atoms with Gasteiger partial charge in [-0.05, 0) is 25.0 Å². The Kier molecular flexibility index (Phi) is 22.2. The summed E-state index contributed by atoms with van der Waals surface area (Å²) >= 11 is 0. The molecule has 0 aliphatic carbocycles. The molecule has 0 saturated carbocycles. The molecule has 0 heterocycles. The fraction of sp³-hybridized carbons (Fsp3) is 0.781. The third-order valence-corrected chi connectivity index (χ3v) is 7.49. The lowest BCUT2D eigenvalue weighted by atomic mass is 10.0. The van der Waals surface area contributed by atoms with E-state index in [9.17, 15) is 4.79 Å². The topological polar surface area (TPSA) is 23.6 Å². The Morgan fingerprint density at radius 1 is 0.649 bits per heavy atom. The van der Waals surface area contributed by atoms with Gasteiger partial charge < -0.3 is 16.9 Å². The lowest BCUT2D eigenvalue weighted by molar-refractivity contribution is -0.890. The summed E-state index contributed by atoms with van der Waals surface area (Å²) in [5.74, 6) is 0.0868. The summed E-state index contributed by atoms with van der Waals surface area (Å²) in [4.78, 5) is 12.9. The number of unbranched alkanes of at least 4 members (excludes halogenated alkanes) is 15. The van der Waals surface area contributed by atoms with Gasteiger partial charge in [-0.1, -0.05) is 115 Å². The normalized spacial score (nSPS) is 11.5. The van der Waals surface area contributed by atoms with Gasteiger partial charge in [0.05, 0.1) is 27.2 Å². The van der Waals surface area contributed by atoms with E-state index in [-0.39, 0.29) is 18.3 Å². The van der Waals surface area contributed by atoms with Crippen LogP contribution in [0.1, 0.15) is 126 Å². The van der Waals surface area contributed by atoms with Crippen molar-refractivity contribution in [1.82, 2.24) is 10.0 Å². The van der Waals surface area contributed by atoms with E-state index in [1.54, 1.807) is 0 Å². The van der Waals surface area contributed by atoms with E-state index in [2.05, 4.69) is 21.0 Å². The minimum atomic E-state index is 0. The molecule has 1 rings (SSSR count). The number of carbonyl (C=O) groups excluding carboxylic acids is 1. The van der Waals surface area contributed by atoms with Crippen LogP contribution in [0.3, 0.4) is 0 Å². The first kappa shape index (κ1) is 35.9. The van der Waals surface area contributed by atoms with Gasteiger partial charge in [-0.2, -0.15) is 0 Å². The maximum absolute atomic E-state index is 12.9. The number of hydrazine groups is 1. The number of rotatable bonds is 23. The van der Waals surface area contributed by atoms with Crippen molar-refractivity contribution in [3.05, 3.63) is 35.9 Å². The fourth-order valence-corrected chi connectivity index (χ4v) is 5.06. The molecule has 0 aliphatic rings. The van der Waals surface area contributed by atoms with E-state index in [1.807, 2.05) is 54.4 Å². The summed E-state index contributed by atoms with van der Waals surface area (Å²) in [5.41, 5.74) is 0.758. The molecule has 216 valence electrons. The zero-order valence-electron chi connectivity index (χ0n) is 25.2. The number of nitrogens with zero attached hydrogens (tertiary/aromatic N) is 3. The van der Waals surface area contributed by atoms with Crippen LogP contribution in [0.2, 0.25) is 0 Å². The molecule has 0 aromatic heterocycles. The number of halogens is 1. The Bertz CT molecular complexity index is 651. The van der Waals surface area contributed by atoms with Crippen LogP contribution in [0, 0.1) is 0 Å². The van der Waals surface area contributed by atoms with E-state index in [4.69, 9.17) is 0 Å². The molecule has 5 heteroatoms. The first-order valence-corrected chi connectivity index (χ1v) is 15.2. The van der Waals surface area contributed by atoms with Crippen molar-refractivity contribution in [3.8, 4) is 0 Å². The van der Waals surface area contributed by atoms with E-state index >= 15 is 0 Å². The highest BCUT2D eigenvalue weighted by Gasteiger charge is 2.20. The average molecular weight is 538 g/mol. The molecule has 1 aromatic carbocycles. The zero-order chi connectivity index (χ0) is 26.5. The van der Waals surface area contributed by atoms with Crippen molar-refractivity contribution in [2.45, 2.75) is 116 Å². The molecule has 0 atom stereocenters. The van der Waals surface area contributed by atoms with E-state index < -0.39 is 0 Å².